The molecule has 7 heteroatoms. The van der Waals surface area contributed by atoms with Gasteiger partial charge in [0.25, 0.3) is 5.91 Å². The van der Waals surface area contributed by atoms with Crippen LogP contribution in [-0.4, -0.2) is 34.4 Å². The van der Waals surface area contributed by atoms with E-state index in [1.54, 1.807) is 48.6 Å². The van der Waals surface area contributed by atoms with Crippen molar-refractivity contribution in [3.63, 3.8) is 0 Å². The van der Waals surface area contributed by atoms with Gasteiger partial charge in [0.1, 0.15) is 24.2 Å². The Labute approximate surface area is 145 Å². The maximum Gasteiger partial charge on any atom is 0.262 e. The molecule has 0 saturated carbocycles. The summed E-state index contributed by atoms with van der Waals surface area (Å²) in [5.74, 6) is 1.06. The lowest BCUT2D eigenvalue weighted by molar-refractivity contribution is -0.118. The highest BCUT2D eigenvalue weighted by Crippen LogP contribution is 2.24. The van der Waals surface area contributed by atoms with Crippen molar-refractivity contribution in [2.75, 3.05) is 19.0 Å². The number of carbonyl (C=O) groups excluding carboxylic acids is 1. The number of rotatable bonds is 6. The summed E-state index contributed by atoms with van der Waals surface area (Å²) in [6, 6.07) is 12.8. The Morgan fingerprint density at radius 3 is 2.52 bits per heavy atom. The molecule has 0 saturated heterocycles. The van der Waals surface area contributed by atoms with Crippen molar-refractivity contribution in [3.05, 3.63) is 60.7 Å². The smallest absolute Gasteiger partial charge is 0.262 e. The fourth-order valence-corrected chi connectivity index (χ4v) is 2.29. The lowest BCUT2D eigenvalue weighted by atomic mass is 10.2. The lowest BCUT2D eigenvalue weighted by Gasteiger charge is -2.12. The summed E-state index contributed by atoms with van der Waals surface area (Å²) in [6.07, 6.45) is 3.16. The summed E-state index contributed by atoms with van der Waals surface area (Å²) < 4.78 is 12.5. The van der Waals surface area contributed by atoms with Gasteiger partial charge in [-0.15, -0.1) is 10.2 Å². The van der Waals surface area contributed by atoms with E-state index in [0.29, 0.717) is 11.4 Å². The van der Waals surface area contributed by atoms with Crippen LogP contribution in [-0.2, 0) is 4.79 Å². The molecule has 3 aromatic rings. The summed E-state index contributed by atoms with van der Waals surface area (Å²) in [7, 11) is 1.59. The minimum absolute atomic E-state index is 0.107. The standard InChI is InChI=1S/C18H18N4O3/c1-13-3-8-17(16(9-13)22-11-19-20-12-22)25-10-18(23)21-14-4-6-15(24-2)7-5-14/h3-9,11-12H,10H2,1-2H3,(H,21,23). The van der Waals surface area contributed by atoms with Crippen molar-refractivity contribution >= 4 is 11.6 Å². The van der Waals surface area contributed by atoms with E-state index < -0.39 is 0 Å². The van der Waals surface area contributed by atoms with Gasteiger partial charge in [0, 0.05) is 5.69 Å². The second kappa shape index (κ2) is 7.48. The molecule has 0 radical (unpaired) electrons. The van der Waals surface area contributed by atoms with Crippen LogP contribution in [0.15, 0.2) is 55.1 Å². The highest BCUT2D eigenvalue weighted by atomic mass is 16.5. The highest BCUT2D eigenvalue weighted by Gasteiger charge is 2.09. The van der Waals surface area contributed by atoms with Crippen LogP contribution < -0.4 is 14.8 Å². The van der Waals surface area contributed by atoms with Gasteiger partial charge in [0.05, 0.1) is 12.8 Å². The number of hydrogen-bond donors (Lipinski definition) is 1. The monoisotopic (exact) mass is 338 g/mol. The van der Waals surface area contributed by atoms with Crippen molar-refractivity contribution in [2.24, 2.45) is 0 Å². The molecular formula is C18H18N4O3. The average Bonchev–Trinajstić information content (AvgIpc) is 3.16. The number of nitrogens with zero attached hydrogens (tertiary/aromatic N) is 3. The number of nitrogens with one attached hydrogen (secondary N) is 1. The van der Waals surface area contributed by atoms with E-state index in [2.05, 4.69) is 15.5 Å². The Hall–Kier alpha value is -3.35. The summed E-state index contributed by atoms with van der Waals surface area (Å²) in [6.45, 7) is 1.87. The van der Waals surface area contributed by atoms with Gasteiger partial charge in [-0.2, -0.15) is 0 Å². The van der Waals surface area contributed by atoms with Crippen LogP contribution in [0.5, 0.6) is 11.5 Å². The van der Waals surface area contributed by atoms with Crippen LogP contribution in [0.25, 0.3) is 5.69 Å². The van der Waals surface area contributed by atoms with Crippen LogP contribution >= 0.6 is 0 Å². The SMILES string of the molecule is COc1ccc(NC(=O)COc2ccc(C)cc2-n2cnnc2)cc1. The predicted molar refractivity (Wildman–Crippen MR) is 93.2 cm³/mol. The fraction of sp³-hybridized carbons (Fsp3) is 0.167. The highest BCUT2D eigenvalue weighted by molar-refractivity contribution is 5.91. The second-order valence-electron chi connectivity index (χ2n) is 5.41. The van der Waals surface area contributed by atoms with Gasteiger partial charge >= 0.3 is 0 Å². The second-order valence-corrected chi connectivity index (χ2v) is 5.41. The van der Waals surface area contributed by atoms with Crippen molar-refractivity contribution in [2.45, 2.75) is 6.92 Å². The number of benzene rings is 2. The summed E-state index contributed by atoms with van der Waals surface area (Å²) in [5.41, 5.74) is 2.53. The summed E-state index contributed by atoms with van der Waals surface area (Å²) in [4.78, 5) is 12.1. The summed E-state index contributed by atoms with van der Waals surface area (Å²) >= 11 is 0. The van der Waals surface area contributed by atoms with Crippen molar-refractivity contribution in [1.29, 1.82) is 0 Å². The third-order valence-corrected chi connectivity index (χ3v) is 3.54. The molecule has 0 unspecified atom stereocenters. The van der Waals surface area contributed by atoms with Crippen LogP contribution in [0.1, 0.15) is 5.56 Å². The zero-order valence-electron chi connectivity index (χ0n) is 14.0. The minimum Gasteiger partial charge on any atom is -0.497 e. The molecule has 0 spiro atoms. The first-order valence-corrected chi connectivity index (χ1v) is 7.68. The van der Waals surface area contributed by atoms with E-state index in [1.807, 2.05) is 25.1 Å². The molecule has 1 N–H and O–H groups in total. The van der Waals surface area contributed by atoms with Gasteiger partial charge < -0.3 is 14.8 Å². The van der Waals surface area contributed by atoms with E-state index in [4.69, 9.17) is 9.47 Å². The van der Waals surface area contributed by atoms with Gasteiger partial charge in [-0.3, -0.25) is 9.36 Å². The molecule has 0 atom stereocenters. The Morgan fingerprint density at radius 1 is 1.12 bits per heavy atom. The molecule has 0 fully saturated rings. The number of amides is 1. The third-order valence-electron chi connectivity index (χ3n) is 3.54. The minimum atomic E-state index is -0.250. The molecule has 1 heterocycles. The molecule has 25 heavy (non-hydrogen) atoms. The van der Waals surface area contributed by atoms with E-state index >= 15 is 0 Å². The molecule has 1 aromatic heterocycles. The Balaban J connectivity index is 1.66. The number of carbonyl (C=O) groups is 1. The maximum absolute atomic E-state index is 12.1. The lowest BCUT2D eigenvalue weighted by Crippen LogP contribution is -2.20. The Kier molecular flexibility index (Phi) is 4.94. The van der Waals surface area contributed by atoms with Crippen molar-refractivity contribution in [1.82, 2.24) is 14.8 Å². The first-order chi connectivity index (χ1) is 12.2. The molecule has 3 rings (SSSR count). The van der Waals surface area contributed by atoms with E-state index in [9.17, 15) is 4.79 Å². The molecule has 0 aliphatic heterocycles. The zero-order valence-corrected chi connectivity index (χ0v) is 14.0. The van der Waals surface area contributed by atoms with Crippen LogP contribution in [0, 0.1) is 6.92 Å². The molecule has 0 aliphatic rings. The predicted octanol–water partition coefficient (Wildman–Crippen LogP) is 2.60. The van der Waals surface area contributed by atoms with Gasteiger partial charge in [0.2, 0.25) is 0 Å². The van der Waals surface area contributed by atoms with E-state index in [-0.39, 0.29) is 12.5 Å². The maximum atomic E-state index is 12.1. The quantitative estimate of drug-likeness (QED) is 0.747. The fourth-order valence-electron chi connectivity index (χ4n) is 2.29. The largest absolute Gasteiger partial charge is 0.497 e. The van der Waals surface area contributed by atoms with Gasteiger partial charge in [-0.1, -0.05) is 6.07 Å². The number of anilines is 1. The molecule has 0 bridgehead atoms. The number of methoxy groups -OCH3 is 1. The molecule has 2 aromatic carbocycles. The molecule has 0 aliphatic carbocycles. The van der Waals surface area contributed by atoms with Gasteiger partial charge in [-0.25, -0.2) is 0 Å². The number of hydrogen-bond acceptors (Lipinski definition) is 5. The molecule has 1 amide bonds. The zero-order chi connectivity index (χ0) is 17.6. The van der Waals surface area contributed by atoms with Crippen molar-refractivity contribution < 1.29 is 14.3 Å². The van der Waals surface area contributed by atoms with E-state index in [0.717, 1.165) is 17.0 Å². The van der Waals surface area contributed by atoms with Gasteiger partial charge in [-0.05, 0) is 48.9 Å². The molecule has 128 valence electrons. The topological polar surface area (TPSA) is 78.3 Å². The first kappa shape index (κ1) is 16.5. The number of aryl methyl sites for hydroxylation is 1. The Bertz CT molecular complexity index is 845. The summed E-state index contributed by atoms with van der Waals surface area (Å²) in [5, 5.41) is 10.4. The van der Waals surface area contributed by atoms with Crippen molar-refractivity contribution in [3.8, 4) is 17.2 Å². The van der Waals surface area contributed by atoms with Crippen LogP contribution in [0.2, 0.25) is 0 Å². The first-order valence-electron chi connectivity index (χ1n) is 7.68. The normalized spacial score (nSPS) is 10.3. The molecular weight excluding hydrogens is 320 g/mol. The molecule has 7 nitrogen and oxygen atoms in total. The number of aromatic nitrogens is 3. The van der Waals surface area contributed by atoms with Gasteiger partial charge in [0.15, 0.2) is 6.61 Å². The third kappa shape index (κ3) is 4.14. The average molecular weight is 338 g/mol. The van der Waals surface area contributed by atoms with Crippen LogP contribution in [0.4, 0.5) is 5.69 Å². The van der Waals surface area contributed by atoms with E-state index in [1.165, 1.54) is 0 Å². The number of ether oxygens (including phenoxy) is 2. The Morgan fingerprint density at radius 2 is 1.84 bits per heavy atom. The van der Waals surface area contributed by atoms with Crippen LogP contribution in [0.3, 0.4) is 0 Å².